The monoisotopic (exact) mass is 305 g/mol. The zero-order valence-corrected chi connectivity index (χ0v) is 13.8. The normalized spacial score (nSPS) is 12.5. The van der Waals surface area contributed by atoms with E-state index in [2.05, 4.69) is 56.3 Å². The van der Waals surface area contributed by atoms with E-state index in [0.29, 0.717) is 5.92 Å². The molecule has 0 saturated heterocycles. The summed E-state index contributed by atoms with van der Waals surface area (Å²) >= 11 is 0. The summed E-state index contributed by atoms with van der Waals surface area (Å²) in [7, 11) is 0. The highest BCUT2D eigenvalue weighted by Crippen LogP contribution is 2.33. The molecule has 0 saturated carbocycles. The van der Waals surface area contributed by atoms with Crippen LogP contribution in [0, 0.1) is 5.92 Å². The summed E-state index contributed by atoms with van der Waals surface area (Å²) in [6, 6.07) is 12.8. The standard InChI is InChI=1S/C21H23NO/c1-15(2)14-17-10-7-12-19-18-11-6-9-16(8-4-3-5-13-22)20(18)23-21(17)19/h3-7,9-13,15H,8,14,22H2,1-2H3/b4-3-,13-5-. The van der Waals surface area contributed by atoms with Crippen molar-refractivity contribution in [3.8, 4) is 0 Å². The molecule has 2 aromatic carbocycles. The summed E-state index contributed by atoms with van der Waals surface area (Å²) in [5.41, 5.74) is 9.89. The summed E-state index contributed by atoms with van der Waals surface area (Å²) in [6.07, 6.45) is 9.30. The maximum atomic E-state index is 6.30. The zero-order chi connectivity index (χ0) is 16.2. The van der Waals surface area contributed by atoms with Crippen LogP contribution in [0.3, 0.4) is 0 Å². The number of furan rings is 1. The van der Waals surface area contributed by atoms with E-state index in [1.807, 2.05) is 12.2 Å². The number of benzene rings is 2. The van der Waals surface area contributed by atoms with E-state index in [1.54, 1.807) is 0 Å². The Hall–Kier alpha value is -2.48. The highest BCUT2D eigenvalue weighted by atomic mass is 16.3. The largest absolute Gasteiger partial charge is 0.455 e. The third-order valence-corrected chi connectivity index (χ3v) is 4.01. The van der Waals surface area contributed by atoms with Gasteiger partial charge in [-0.2, -0.15) is 0 Å². The van der Waals surface area contributed by atoms with Crippen LogP contribution in [0.4, 0.5) is 0 Å². The van der Waals surface area contributed by atoms with Crippen LogP contribution >= 0.6 is 0 Å². The van der Waals surface area contributed by atoms with Crippen LogP contribution in [0.15, 0.2) is 65.2 Å². The number of fused-ring (bicyclic) bond motifs is 3. The third-order valence-electron chi connectivity index (χ3n) is 4.01. The van der Waals surface area contributed by atoms with Gasteiger partial charge in [0.2, 0.25) is 0 Å². The Morgan fingerprint density at radius 1 is 0.957 bits per heavy atom. The first-order valence-corrected chi connectivity index (χ1v) is 8.16. The Morgan fingerprint density at radius 2 is 1.61 bits per heavy atom. The van der Waals surface area contributed by atoms with Crippen molar-refractivity contribution in [2.75, 3.05) is 0 Å². The fourth-order valence-electron chi connectivity index (χ4n) is 3.04. The van der Waals surface area contributed by atoms with E-state index >= 15 is 0 Å². The molecule has 0 fully saturated rings. The number of hydrogen-bond donors (Lipinski definition) is 1. The molecule has 2 heteroatoms. The Bertz CT molecular complexity index is 868. The molecule has 1 aromatic heterocycles. The molecule has 0 radical (unpaired) electrons. The molecule has 1 heterocycles. The number of nitrogens with two attached hydrogens (primary N) is 1. The van der Waals surface area contributed by atoms with Gasteiger partial charge >= 0.3 is 0 Å². The molecule has 2 N–H and O–H groups in total. The van der Waals surface area contributed by atoms with Crippen LogP contribution in [0.25, 0.3) is 21.9 Å². The molecule has 0 aliphatic heterocycles. The fourth-order valence-corrected chi connectivity index (χ4v) is 3.04. The average Bonchev–Trinajstić information content (AvgIpc) is 2.92. The molecule has 2 nitrogen and oxygen atoms in total. The topological polar surface area (TPSA) is 39.2 Å². The van der Waals surface area contributed by atoms with Gasteiger partial charge < -0.3 is 10.2 Å². The van der Waals surface area contributed by atoms with E-state index in [1.165, 1.54) is 28.1 Å². The first kappa shape index (κ1) is 15.4. The minimum Gasteiger partial charge on any atom is -0.455 e. The van der Waals surface area contributed by atoms with Gasteiger partial charge in [0.25, 0.3) is 0 Å². The van der Waals surface area contributed by atoms with Gasteiger partial charge in [-0.3, -0.25) is 0 Å². The fraction of sp³-hybridized carbons (Fsp3) is 0.238. The average molecular weight is 305 g/mol. The van der Waals surface area contributed by atoms with Crippen molar-refractivity contribution in [3.63, 3.8) is 0 Å². The summed E-state index contributed by atoms with van der Waals surface area (Å²) in [5, 5.41) is 2.41. The number of hydrogen-bond acceptors (Lipinski definition) is 2. The van der Waals surface area contributed by atoms with Gasteiger partial charge in [0.15, 0.2) is 0 Å². The highest BCUT2D eigenvalue weighted by Gasteiger charge is 2.13. The molecule has 23 heavy (non-hydrogen) atoms. The Morgan fingerprint density at radius 3 is 2.26 bits per heavy atom. The minimum atomic E-state index is 0.610. The molecule has 0 spiro atoms. The highest BCUT2D eigenvalue weighted by molar-refractivity contribution is 6.06. The molecule has 0 amide bonds. The molecule has 0 atom stereocenters. The van der Waals surface area contributed by atoms with Crippen LogP contribution in [0.5, 0.6) is 0 Å². The van der Waals surface area contributed by atoms with Crippen molar-refractivity contribution in [1.29, 1.82) is 0 Å². The number of para-hydroxylation sites is 2. The van der Waals surface area contributed by atoms with Crippen molar-refractivity contribution in [1.82, 2.24) is 0 Å². The Balaban J connectivity index is 2.11. The first-order chi connectivity index (χ1) is 11.2. The molecule has 0 bridgehead atoms. The summed E-state index contributed by atoms with van der Waals surface area (Å²) < 4.78 is 6.30. The number of rotatable bonds is 5. The van der Waals surface area contributed by atoms with Gasteiger partial charge in [-0.25, -0.2) is 0 Å². The predicted molar refractivity (Wildman–Crippen MR) is 98.4 cm³/mol. The van der Waals surface area contributed by atoms with Crippen molar-refractivity contribution in [2.24, 2.45) is 11.7 Å². The van der Waals surface area contributed by atoms with Crippen molar-refractivity contribution < 1.29 is 4.42 Å². The SMILES string of the molecule is CC(C)Cc1cccc2c1oc1c(C/C=C\C=C/N)cccc12. The number of allylic oxidation sites excluding steroid dienone is 3. The van der Waals surface area contributed by atoms with Crippen LogP contribution in [-0.4, -0.2) is 0 Å². The van der Waals surface area contributed by atoms with Gasteiger partial charge in [-0.05, 0) is 42.2 Å². The van der Waals surface area contributed by atoms with E-state index in [9.17, 15) is 0 Å². The van der Waals surface area contributed by atoms with E-state index in [0.717, 1.165) is 24.0 Å². The second-order valence-electron chi connectivity index (χ2n) is 6.30. The van der Waals surface area contributed by atoms with E-state index < -0.39 is 0 Å². The molecule has 3 rings (SSSR count). The quantitative estimate of drug-likeness (QED) is 0.645. The third kappa shape index (κ3) is 3.16. The lowest BCUT2D eigenvalue weighted by atomic mass is 10.00. The second kappa shape index (κ2) is 6.74. The van der Waals surface area contributed by atoms with Crippen LogP contribution < -0.4 is 5.73 Å². The molecule has 3 aromatic rings. The van der Waals surface area contributed by atoms with Crippen molar-refractivity contribution in [3.05, 3.63) is 72.0 Å². The Labute approximate surface area is 137 Å². The molecular weight excluding hydrogens is 282 g/mol. The predicted octanol–water partition coefficient (Wildman–Crippen LogP) is 5.36. The zero-order valence-electron chi connectivity index (χ0n) is 13.8. The summed E-state index contributed by atoms with van der Waals surface area (Å²) in [5.74, 6) is 0.610. The van der Waals surface area contributed by atoms with Gasteiger partial charge in [0.1, 0.15) is 11.2 Å². The van der Waals surface area contributed by atoms with Gasteiger partial charge in [0.05, 0.1) is 0 Å². The van der Waals surface area contributed by atoms with E-state index in [4.69, 9.17) is 10.2 Å². The summed E-state index contributed by atoms with van der Waals surface area (Å²) in [6.45, 7) is 4.48. The van der Waals surface area contributed by atoms with Crippen molar-refractivity contribution in [2.45, 2.75) is 26.7 Å². The second-order valence-corrected chi connectivity index (χ2v) is 6.30. The molecular formula is C21H23NO. The minimum absolute atomic E-state index is 0.610. The van der Waals surface area contributed by atoms with Crippen molar-refractivity contribution >= 4 is 21.9 Å². The first-order valence-electron chi connectivity index (χ1n) is 8.16. The van der Waals surface area contributed by atoms with Crippen LogP contribution in [0.1, 0.15) is 25.0 Å². The van der Waals surface area contributed by atoms with Gasteiger partial charge in [-0.1, -0.05) is 62.4 Å². The maximum absolute atomic E-state index is 6.30. The maximum Gasteiger partial charge on any atom is 0.138 e. The van der Waals surface area contributed by atoms with E-state index in [-0.39, 0.29) is 0 Å². The molecule has 0 aliphatic carbocycles. The molecule has 118 valence electrons. The smallest absolute Gasteiger partial charge is 0.138 e. The lowest BCUT2D eigenvalue weighted by molar-refractivity contribution is 0.622. The molecule has 0 unspecified atom stereocenters. The Kier molecular flexibility index (Phi) is 4.52. The summed E-state index contributed by atoms with van der Waals surface area (Å²) in [4.78, 5) is 0. The lowest BCUT2D eigenvalue weighted by Gasteiger charge is -2.04. The molecule has 0 aliphatic rings. The van der Waals surface area contributed by atoms with Crippen LogP contribution in [-0.2, 0) is 12.8 Å². The van der Waals surface area contributed by atoms with Gasteiger partial charge in [0, 0.05) is 10.8 Å². The van der Waals surface area contributed by atoms with Gasteiger partial charge in [-0.15, -0.1) is 0 Å². The lowest BCUT2D eigenvalue weighted by Crippen LogP contribution is -1.93. The van der Waals surface area contributed by atoms with Crippen LogP contribution in [0.2, 0.25) is 0 Å².